The molecule has 76 valence electrons. The summed E-state index contributed by atoms with van der Waals surface area (Å²) >= 11 is 1.95. The van der Waals surface area contributed by atoms with Crippen molar-refractivity contribution in [3.63, 3.8) is 0 Å². The standard InChI is InChI=1S/C9H11IN2O2/c1-2-8(11)6-3-4-7(10)9(5-6)12(13)14/h3-5,8H,2,11H2,1H3/t8-/m1/s1. The zero-order chi connectivity index (χ0) is 10.7. The molecular formula is C9H11IN2O2. The van der Waals surface area contributed by atoms with Crippen LogP contribution in [0.2, 0.25) is 0 Å². The van der Waals surface area contributed by atoms with Gasteiger partial charge in [-0.1, -0.05) is 13.0 Å². The fourth-order valence-corrected chi connectivity index (χ4v) is 1.67. The lowest BCUT2D eigenvalue weighted by Gasteiger charge is -2.08. The van der Waals surface area contributed by atoms with Crippen molar-refractivity contribution in [1.29, 1.82) is 0 Å². The molecule has 1 rings (SSSR count). The van der Waals surface area contributed by atoms with Gasteiger partial charge < -0.3 is 5.73 Å². The van der Waals surface area contributed by atoms with Gasteiger partial charge in [-0.3, -0.25) is 10.1 Å². The molecule has 0 aliphatic carbocycles. The molecule has 0 fully saturated rings. The van der Waals surface area contributed by atoms with Gasteiger partial charge in [0, 0.05) is 12.1 Å². The van der Waals surface area contributed by atoms with Crippen molar-refractivity contribution in [2.45, 2.75) is 19.4 Å². The van der Waals surface area contributed by atoms with E-state index in [1.165, 1.54) is 0 Å². The first-order valence-electron chi connectivity index (χ1n) is 4.25. The van der Waals surface area contributed by atoms with Gasteiger partial charge in [0.05, 0.1) is 8.49 Å². The normalized spacial score (nSPS) is 12.5. The van der Waals surface area contributed by atoms with Crippen LogP contribution < -0.4 is 5.73 Å². The number of benzene rings is 1. The molecule has 0 aromatic heterocycles. The third-order valence-corrected chi connectivity index (χ3v) is 2.95. The van der Waals surface area contributed by atoms with Gasteiger partial charge in [0.1, 0.15) is 0 Å². The van der Waals surface area contributed by atoms with Gasteiger partial charge in [0.2, 0.25) is 0 Å². The van der Waals surface area contributed by atoms with Crippen LogP contribution in [-0.4, -0.2) is 4.92 Å². The summed E-state index contributed by atoms with van der Waals surface area (Å²) in [6.45, 7) is 1.95. The van der Waals surface area contributed by atoms with E-state index in [-0.39, 0.29) is 16.7 Å². The number of hydrogen-bond acceptors (Lipinski definition) is 3. The van der Waals surface area contributed by atoms with E-state index in [2.05, 4.69) is 0 Å². The molecule has 0 unspecified atom stereocenters. The SMILES string of the molecule is CC[C@@H](N)c1ccc(I)c([N+](=O)[O-])c1. The molecule has 1 aromatic rings. The Morgan fingerprint density at radius 1 is 1.64 bits per heavy atom. The third kappa shape index (κ3) is 2.42. The summed E-state index contributed by atoms with van der Waals surface area (Å²) in [5, 5.41) is 10.6. The largest absolute Gasteiger partial charge is 0.324 e. The van der Waals surface area contributed by atoms with E-state index >= 15 is 0 Å². The van der Waals surface area contributed by atoms with Crippen molar-refractivity contribution in [1.82, 2.24) is 0 Å². The van der Waals surface area contributed by atoms with Crippen molar-refractivity contribution < 1.29 is 4.92 Å². The maximum absolute atomic E-state index is 10.6. The monoisotopic (exact) mass is 306 g/mol. The molecule has 0 bridgehead atoms. The summed E-state index contributed by atoms with van der Waals surface area (Å²) in [6.07, 6.45) is 0.776. The van der Waals surface area contributed by atoms with Crippen LogP contribution in [0.15, 0.2) is 18.2 Å². The Kier molecular flexibility index (Phi) is 3.82. The summed E-state index contributed by atoms with van der Waals surface area (Å²) in [6, 6.07) is 4.99. The molecule has 5 heteroatoms. The second-order valence-electron chi connectivity index (χ2n) is 2.98. The van der Waals surface area contributed by atoms with Crippen molar-refractivity contribution >= 4 is 28.3 Å². The Bertz CT molecular complexity index is 355. The van der Waals surface area contributed by atoms with E-state index in [9.17, 15) is 10.1 Å². The molecule has 0 spiro atoms. The van der Waals surface area contributed by atoms with Crippen LogP contribution in [-0.2, 0) is 0 Å². The fraction of sp³-hybridized carbons (Fsp3) is 0.333. The van der Waals surface area contributed by atoms with Gasteiger partial charge in [-0.05, 0) is 40.6 Å². The van der Waals surface area contributed by atoms with Crippen LogP contribution >= 0.6 is 22.6 Å². The summed E-state index contributed by atoms with van der Waals surface area (Å²) in [5.41, 5.74) is 6.74. The molecule has 1 atom stereocenters. The van der Waals surface area contributed by atoms with Crippen LogP contribution in [0.5, 0.6) is 0 Å². The Labute approximate surface area is 95.8 Å². The molecule has 1 aromatic carbocycles. The number of halogens is 1. The highest BCUT2D eigenvalue weighted by atomic mass is 127. The zero-order valence-corrected chi connectivity index (χ0v) is 9.89. The first-order chi connectivity index (χ1) is 6.56. The number of rotatable bonds is 3. The van der Waals surface area contributed by atoms with E-state index < -0.39 is 0 Å². The van der Waals surface area contributed by atoms with Gasteiger partial charge in [-0.25, -0.2) is 0 Å². The molecule has 0 saturated heterocycles. The van der Waals surface area contributed by atoms with Crippen molar-refractivity contribution in [2.24, 2.45) is 5.73 Å². The zero-order valence-electron chi connectivity index (χ0n) is 7.74. The lowest BCUT2D eigenvalue weighted by molar-refractivity contribution is -0.385. The van der Waals surface area contributed by atoms with E-state index in [4.69, 9.17) is 5.73 Å². The molecule has 0 radical (unpaired) electrons. The lowest BCUT2D eigenvalue weighted by Crippen LogP contribution is -2.09. The Balaban J connectivity index is 3.12. The van der Waals surface area contributed by atoms with E-state index in [0.29, 0.717) is 3.57 Å². The van der Waals surface area contributed by atoms with Crippen LogP contribution in [0.4, 0.5) is 5.69 Å². The van der Waals surface area contributed by atoms with Crippen LogP contribution in [0.25, 0.3) is 0 Å². The van der Waals surface area contributed by atoms with E-state index in [1.54, 1.807) is 12.1 Å². The highest BCUT2D eigenvalue weighted by molar-refractivity contribution is 14.1. The topological polar surface area (TPSA) is 69.2 Å². The summed E-state index contributed by atoms with van der Waals surface area (Å²) in [5.74, 6) is 0. The smallest absolute Gasteiger partial charge is 0.282 e. The van der Waals surface area contributed by atoms with E-state index in [1.807, 2.05) is 35.6 Å². The average molecular weight is 306 g/mol. The first kappa shape index (κ1) is 11.4. The van der Waals surface area contributed by atoms with Crippen molar-refractivity contribution in [3.05, 3.63) is 37.4 Å². The third-order valence-electron chi connectivity index (χ3n) is 2.03. The molecule has 0 amide bonds. The van der Waals surface area contributed by atoms with Gasteiger partial charge in [0.15, 0.2) is 0 Å². The van der Waals surface area contributed by atoms with Crippen molar-refractivity contribution in [3.8, 4) is 0 Å². The second-order valence-corrected chi connectivity index (χ2v) is 4.14. The lowest BCUT2D eigenvalue weighted by atomic mass is 10.1. The molecule has 0 aliphatic rings. The first-order valence-corrected chi connectivity index (χ1v) is 5.33. The highest BCUT2D eigenvalue weighted by Crippen LogP contribution is 2.25. The molecule has 2 N–H and O–H groups in total. The maximum Gasteiger partial charge on any atom is 0.282 e. The number of nitrogens with two attached hydrogens (primary N) is 1. The van der Waals surface area contributed by atoms with Gasteiger partial charge in [-0.15, -0.1) is 0 Å². The minimum absolute atomic E-state index is 0.120. The molecule has 14 heavy (non-hydrogen) atoms. The predicted octanol–water partition coefficient (Wildman–Crippen LogP) is 2.61. The van der Waals surface area contributed by atoms with Crippen LogP contribution in [0, 0.1) is 13.7 Å². The highest BCUT2D eigenvalue weighted by Gasteiger charge is 2.14. The van der Waals surface area contributed by atoms with Gasteiger partial charge in [-0.2, -0.15) is 0 Å². The minimum atomic E-state index is -0.381. The molecule has 0 heterocycles. The fourth-order valence-electron chi connectivity index (χ4n) is 1.14. The summed E-state index contributed by atoms with van der Waals surface area (Å²) < 4.78 is 0.639. The minimum Gasteiger partial charge on any atom is -0.324 e. The van der Waals surface area contributed by atoms with Crippen LogP contribution in [0.1, 0.15) is 24.9 Å². The quantitative estimate of drug-likeness (QED) is 0.530. The van der Waals surface area contributed by atoms with Gasteiger partial charge >= 0.3 is 0 Å². The molecule has 0 aliphatic heterocycles. The number of nitro groups is 1. The average Bonchev–Trinajstić information content (AvgIpc) is 2.17. The molecular weight excluding hydrogens is 295 g/mol. The number of nitrogens with zero attached hydrogens (tertiary/aromatic N) is 1. The Hall–Kier alpha value is -0.690. The second kappa shape index (κ2) is 4.70. The molecule has 4 nitrogen and oxygen atoms in total. The predicted molar refractivity (Wildman–Crippen MR) is 63.0 cm³/mol. The summed E-state index contributed by atoms with van der Waals surface area (Å²) in [4.78, 5) is 10.3. The Morgan fingerprint density at radius 3 is 2.79 bits per heavy atom. The van der Waals surface area contributed by atoms with Crippen molar-refractivity contribution in [2.75, 3.05) is 0 Å². The number of hydrogen-bond donors (Lipinski definition) is 1. The number of nitro benzene ring substituents is 1. The van der Waals surface area contributed by atoms with Crippen LogP contribution in [0.3, 0.4) is 0 Å². The Morgan fingerprint density at radius 2 is 2.29 bits per heavy atom. The van der Waals surface area contributed by atoms with Gasteiger partial charge in [0.25, 0.3) is 5.69 Å². The maximum atomic E-state index is 10.6. The van der Waals surface area contributed by atoms with E-state index in [0.717, 1.165) is 12.0 Å². The summed E-state index contributed by atoms with van der Waals surface area (Å²) in [7, 11) is 0. The molecule has 0 saturated carbocycles.